The third-order valence-electron chi connectivity index (χ3n) is 4.32. The lowest BCUT2D eigenvalue weighted by atomic mass is 10.1. The highest BCUT2D eigenvalue weighted by atomic mass is 16.5. The van der Waals surface area contributed by atoms with Gasteiger partial charge in [0.15, 0.2) is 0 Å². The lowest BCUT2D eigenvalue weighted by molar-refractivity contribution is 0.0113. The van der Waals surface area contributed by atoms with Gasteiger partial charge in [-0.05, 0) is 19.1 Å². The highest BCUT2D eigenvalue weighted by Crippen LogP contribution is 2.23. The molecule has 1 atom stereocenters. The zero-order valence-electron chi connectivity index (χ0n) is 13.6. The Hall–Kier alpha value is -1.57. The SMILES string of the molecule is Cc1ccc([C@H](CNC(=O)N2CCOCC2)N2CCOCC2)o1. The molecule has 7 nitrogen and oxygen atoms in total. The molecule has 0 aromatic carbocycles. The minimum Gasteiger partial charge on any atom is -0.465 e. The lowest BCUT2D eigenvalue weighted by Gasteiger charge is -2.34. The van der Waals surface area contributed by atoms with E-state index in [0.29, 0.717) is 46.1 Å². The van der Waals surface area contributed by atoms with Crippen LogP contribution in [-0.2, 0) is 9.47 Å². The predicted molar refractivity (Wildman–Crippen MR) is 84.4 cm³/mol. The van der Waals surface area contributed by atoms with E-state index in [1.807, 2.05) is 19.1 Å². The van der Waals surface area contributed by atoms with Gasteiger partial charge in [-0.3, -0.25) is 4.90 Å². The Balaban J connectivity index is 1.62. The monoisotopic (exact) mass is 323 g/mol. The summed E-state index contributed by atoms with van der Waals surface area (Å²) in [5.74, 6) is 1.78. The largest absolute Gasteiger partial charge is 0.465 e. The Morgan fingerprint density at radius 1 is 1.13 bits per heavy atom. The first-order valence-corrected chi connectivity index (χ1v) is 8.22. The maximum atomic E-state index is 12.3. The fraction of sp³-hybridized carbons (Fsp3) is 0.688. The molecule has 128 valence electrons. The van der Waals surface area contributed by atoms with Gasteiger partial charge in [0.25, 0.3) is 0 Å². The molecule has 2 fully saturated rings. The summed E-state index contributed by atoms with van der Waals surface area (Å²) in [7, 11) is 0. The van der Waals surface area contributed by atoms with Gasteiger partial charge in [-0.25, -0.2) is 4.79 Å². The van der Waals surface area contributed by atoms with Gasteiger partial charge in [0.1, 0.15) is 11.5 Å². The van der Waals surface area contributed by atoms with Crippen molar-refractivity contribution in [1.29, 1.82) is 0 Å². The van der Waals surface area contributed by atoms with Crippen LogP contribution in [0.3, 0.4) is 0 Å². The summed E-state index contributed by atoms with van der Waals surface area (Å²) in [6.07, 6.45) is 0. The summed E-state index contributed by atoms with van der Waals surface area (Å²) in [4.78, 5) is 16.4. The molecule has 0 radical (unpaired) electrons. The molecular formula is C16H25N3O4. The number of nitrogens with zero attached hydrogens (tertiary/aromatic N) is 2. The topological polar surface area (TPSA) is 67.2 Å². The van der Waals surface area contributed by atoms with E-state index in [4.69, 9.17) is 13.9 Å². The zero-order valence-corrected chi connectivity index (χ0v) is 13.6. The number of furan rings is 1. The van der Waals surface area contributed by atoms with Gasteiger partial charge in [0, 0.05) is 32.7 Å². The van der Waals surface area contributed by atoms with Gasteiger partial charge in [-0.15, -0.1) is 0 Å². The van der Waals surface area contributed by atoms with E-state index >= 15 is 0 Å². The average Bonchev–Trinajstić information content (AvgIpc) is 3.03. The van der Waals surface area contributed by atoms with E-state index in [2.05, 4.69) is 10.2 Å². The van der Waals surface area contributed by atoms with Crippen LogP contribution in [0.15, 0.2) is 16.5 Å². The maximum absolute atomic E-state index is 12.3. The summed E-state index contributed by atoms with van der Waals surface area (Å²) in [5, 5.41) is 3.05. The van der Waals surface area contributed by atoms with Crippen molar-refractivity contribution in [2.75, 3.05) is 59.2 Å². The third-order valence-corrected chi connectivity index (χ3v) is 4.32. The second-order valence-electron chi connectivity index (χ2n) is 5.90. The number of carbonyl (C=O) groups excluding carboxylic acids is 1. The van der Waals surface area contributed by atoms with Crippen LogP contribution < -0.4 is 5.32 Å². The Morgan fingerprint density at radius 3 is 2.39 bits per heavy atom. The normalized spacial score (nSPS) is 21.2. The number of morpholine rings is 2. The van der Waals surface area contributed by atoms with Crippen molar-refractivity contribution in [3.05, 3.63) is 23.7 Å². The Kier molecular flexibility index (Phi) is 5.53. The number of urea groups is 1. The fourth-order valence-corrected chi connectivity index (χ4v) is 2.99. The first-order valence-electron chi connectivity index (χ1n) is 8.22. The number of carbonyl (C=O) groups is 1. The Morgan fingerprint density at radius 2 is 1.78 bits per heavy atom. The molecule has 3 heterocycles. The molecule has 0 spiro atoms. The van der Waals surface area contributed by atoms with Crippen LogP contribution >= 0.6 is 0 Å². The predicted octanol–water partition coefficient (Wildman–Crippen LogP) is 1.00. The van der Waals surface area contributed by atoms with Crippen molar-refractivity contribution in [2.45, 2.75) is 13.0 Å². The highest BCUT2D eigenvalue weighted by Gasteiger charge is 2.26. The summed E-state index contributed by atoms with van der Waals surface area (Å²) in [6.45, 7) is 8.10. The molecule has 2 amide bonds. The lowest BCUT2D eigenvalue weighted by Crippen LogP contribution is -2.49. The summed E-state index contributed by atoms with van der Waals surface area (Å²) < 4.78 is 16.5. The van der Waals surface area contributed by atoms with Crippen LogP contribution in [0.1, 0.15) is 17.6 Å². The first-order chi connectivity index (χ1) is 11.2. The molecule has 2 aliphatic heterocycles. The van der Waals surface area contributed by atoms with E-state index in [1.165, 1.54) is 0 Å². The minimum atomic E-state index is -0.0326. The van der Waals surface area contributed by atoms with Crippen molar-refractivity contribution < 1.29 is 18.7 Å². The van der Waals surface area contributed by atoms with E-state index in [9.17, 15) is 4.79 Å². The number of rotatable bonds is 4. The van der Waals surface area contributed by atoms with E-state index < -0.39 is 0 Å². The van der Waals surface area contributed by atoms with E-state index in [-0.39, 0.29) is 12.1 Å². The van der Waals surface area contributed by atoms with Gasteiger partial charge < -0.3 is 24.1 Å². The van der Waals surface area contributed by atoms with Gasteiger partial charge in [-0.2, -0.15) is 0 Å². The second-order valence-corrected chi connectivity index (χ2v) is 5.90. The quantitative estimate of drug-likeness (QED) is 0.895. The molecular weight excluding hydrogens is 298 g/mol. The molecule has 1 aromatic heterocycles. The van der Waals surface area contributed by atoms with Crippen LogP contribution in [0.2, 0.25) is 0 Å². The van der Waals surface area contributed by atoms with Crippen molar-refractivity contribution in [3.8, 4) is 0 Å². The van der Waals surface area contributed by atoms with Crippen LogP contribution in [0.4, 0.5) is 4.79 Å². The third kappa shape index (κ3) is 4.25. The zero-order chi connectivity index (χ0) is 16.1. The van der Waals surface area contributed by atoms with Crippen molar-refractivity contribution >= 4 is 6.03 Å². The molecule has 2 saturated heterocycles. The molecule has 0 unspecified atom stereocenters. The van der Waals surface area contributed by atoms with E-state index in [1.54, 1.807) is 4.90 Å². The fourth-order valence-electron chi connectivity index (χ4n) is 2.99. The van der Waals surface area contributed by atoms with Gasteiger partial charge in [0.05, 0.1) is 32.5 Å². The van der Waals surface area contributed by atoms with Crippen molar-refractivity contribution in [1.82, 2.24) is 15.1 Å². The molecule has 1 aromatic rings. The molecule has 23 heavy (non-hydrogen) atoms. The molecule has 2 aliphatic rings. The van der Waals surface area contributed by atoms with Crippen molar-refractivity contribution in [2.24, 2.45) is 0 Å². The van der Waals surface area contributed by atoms with Crippen LogP contribution in [0.25, 0.3) is 0 Å². The number of hydrogen-bond donors (Lipinski definition) is 1. The van der Waals surface area contributed by atoms with Crippen LogP contribution in [-0.4, -0.2) is 75.0 Å². The highest BCUT2D eigenvalue weighted by molar-refractivity contribution is 5.74. The second kappa shape index (κ2) is 7.81. The summed E-state index contributed by atoms with van der Waals surface area (Å²) in [5.41, 5.74) is 0. The standard InChI is InChI=1S/C16H25N3O4/c1-13-2-3-15(23-13)14(18-4-8-21-9-5-18)12-17-16(20)19-6-10-22-11-7-19/h2-3,14H,4-12H2,1H3,(H,17,20)/t14-/m0/s1. The molecule has 0 saturated carbocycles. The maximum Gasteiger partial charge on any atom is 0.317 e. The van der Waals surface area contributed by atoms with Crippen LogP contribution in [0, 0.1) is 6.92 Å². The molecule has 0 bridgehead atoms. The molecule has 3 rings (SSSR count). The van der Waals surface area contributed by atoms with Gasteiger partial charge in [0.2, 0.25) is 0 Å². The number of ether oxygens (including phenoxy) is 2. The summed E-state index contributed by atoms with van der Waals surface area (Å²) in [6, 6.07) is 3.97. The van der Waals surface area contributed by atoms with E-state index in [0.717, 1.165) is 24.6 Å². The van der Waals surface area contributed by atoms with Gasteiger partial charge in [-0.1, -0.05) is 0 Å². The Bertz CT molecular complexity index is 507. The molecule has 1 N–H and O–H groups in total. The van der Waals surface area contributed by atoms with Crippen molar-refractivity contribution in [3.63, 3.8) is 0 Å². The number of hydrogen-bond acceptors (Lipinski definition) is 5. The average molecular weight is 323 g/mol. The molecule has 7 heteroatoms. The minimum absolute atomic E-state index is 0.0326. The number of aryl methyl sites for hydroxylation is 1. The van der Waals surface area contributed by atoms with Gasteiger partial charge >= 0.3 is 6.03 Å². The van der Waals surface area contributed by atoms with Crippen LogP contribution in [0.5, 0.6) is 0 Å². The number of amides is 2. The first kappa shape index (κ1) is 16.3. The number of nitrogens with one attached hydrogen (secondary N) is 1. The summed E-state index contributed by atoms with van der Waals surface area (Å²) >= 11 is 0. The Labute approximate surface area is 136 Å². The molecule has 0 aliphatic carbocycles. The smallest absolute Gasteiger partial charge is 0.317 e.